The number of carbonyl (C=O) groups excluding carboxylic acids is 4. The molecule has 2 N–H and O–H groups in total. The van der Waals surface area contributed by atoms with Gasteiger partial charge in [0.25, 0.3) is 17.7 Å². The molecule has 0 unspecified atom stereocenters. The van der Waals surface area contributed by atoms with Crippen molar-refractivity contribution in [3.05, 3.63) is 72.3 Å². The van der Waals surface area contributed by atoms with Gasteiger partial charge in [-0.25, -0.2) is 9.69 Å². The SMILES string of the molecule is O=C(NC(=O)c1ccc(N2C(=O)C=CC2=O)cc1)Nc1ccccc1. The van der Waals surface area contributed by atoms with Crippen molar-refractivity contribution in [2.45, 2.75) is 0 Å². The number of carbonyl (C=O) groups is 4. The van der Waals surface area contributed by atoms with Gasteiger partial charge in [0.1, 0.15) is 0 Å². The molecule has 0 bridgehead atoms. The van der Waals surface area contributed by atoms with Crippen LogP contribution in [0.25, 0.3) is 0 Å². The molecule has 0 aliphatic carbocycles. The number of anilines is 2. The van der Waals surface area contributed by atoms with Crippen molar-refractivity contribution in [1.82, 2.24) is 5.32 Å². The second-order valence-electron chi connectivity index (χ2n) is 5.17. The lowest BCUT2D eigenvalue weighted by molar-refractivity contribution is -0.119. The van der Waals surface area contributed by atoms with Crippen LogP contribution in [0.4, 0.5) is 16.2 Å². The van der Waals surface area contributed by atoms with Gasteiger partial charge >= 0.3 is 6.03 Å². The van der Waals surface area contributed by atoms with Gasteiger partial charge in [0.15, 0.2) is 0 Å². The van der Waals surface area contributed by atoms with Crippen LogP contribution in [0.3, 0.4) is 0 Å². The molecule has 5 amide bonds. The zero-order chi connectivity index (χ0) is 17.8. The Balaban J connectivity index is 1.64. The lowest BCUT2D eigenvalue weighted by Gasteiger charge is -2.14. The van der Waals surface area contributed by atoms with Crippen LogP contribution in [-0.2, 0) is 9.59 Å². The van der Waals surface area contributed by atoms with E-state index in [2.05, 4.69) is 10.6 Å². The fourth-order valence-electron chi connectivity index (χ4n) is 2.28. The van der Waals surface area contributed by atoms with E-state index in [0.29, 0.717) is 11.4 Å². The number of nitrogens with one attached hydrogen (secondary N) is 2. The Morgan fingerprint density at radius 1 is 0.800 bits per heavy atom. The molecule has 124 valence electrons. The number of hydrogen-bond acceptors (Lipinski definition) is 4. The molecule has 0 saturated heterocycles. The standard InChI is InChI=1S/C18H13N3O4/c22-15-10-11-16(23)21(15)14-8-6-12(7-9-14)17(24)20-18(25)19-13-4-2-1-3-5-13/h1-11H,(H2,19,20,24,25). The summed E-state index contributed by atoms with van der Waals surface area (Å²) in [5.41, 5.74) is 1.13. The highest BCUT2D eigenvalue weighted by Gasteiger charge is 2.25. The number of urea groups is 1. The molecule has 0 saturated carbocycles. The van der Waals surface area contributed by atoms with Crippen molar-refractivity contribution in [3.63, 3.8) is 0 Å². The average Bonchev–Trinajstić information content (AvgIpc) is 2.94. The van der Waals surface area contributed by atoms with Gasteiger partial charge < -0.3 is 5.32 Å². The van der Waals surface area contributed by atoms with Crippen molar-refractivity contribution < 1.29 is 19.2 Å². The van der Waals surface area contributed by atoms with E-state index in [1.165, 1.54) is 36.4 Å². The van der Waals surface area contributed by atoms with Crippen molar-refractivity contribution in [3.8, 4) is 0 Å². The van der Waals surface area contributed by atoms with E-state index in [1.807, 2.05) is 0 Å². The quantitative estimate of drug-likeness (QED) is 0.840. The zero-order valence-corrected chi connectivity index (χ0v) is 12.9. The smallest absolute Gasteiger partial charge is 0.308 e. The second-order valence-corrected chi connectivity index (χ2v) is 5.17. The lowest BCUT2D eigenvalue weighted by atomic mass is 10.2. The number of amides is 5. The Labute approximate surface area is 142 Å². The summed E-state index contributed by atoms with van der Waals surface area (Å²) in [6.45, 7) is 0. The molecule has 0 atom stereocenters. The minimum atomic E-state index is -0.658. The Morgan fingerprint density at radius 3 is 2.00 bits per heavy atom. The van der Waals surface area contributed by atoms with Crippen molar-refractivity contribution in [1.29, 1.82) is 0 Å². The molecular weight excluding hydrogens is 322 g/mol. The molecule has 2 aromatic rings. The summed E-state index contributed by atoms with van der Waals surface area (Å²) in [5, 5.41) is 4.74. The molecule has 1 aliphatic heterocycles. The lowest BCUT2D eigenvalue weighted by Crippen LogP contribution is -2.34. The predicted molar refractivity (Wildman–Crippen MR) is 91.0 cm³/mol. The van der Waals surface area contributed by atoms with Gasteiger partial charge in [-0.1, -0.05) is 18.2 Å². The largest absolute Gasteiger partial charge is 0.326 e. The number of para-hydroxylation sites is 1. The first-order valence-corrected chi connectivity index (χ1v) is 7.38. The van der Waals surface area contributed by atoms with Crippen LogP contribution in [0, 0.1) is 0 Å². The van der Waals surface area contributed by atoms with Crippen LogP contribution >= 0.6 is 0 Å². The summed E-state index contributed by atoms with van der Waals surface area (Å²) in [6, 6.07) is 13.8. The molecule has 0 spiro atoms. The van der Waals surface area contributed by atoms with E-state index < -0.39 is 23.8 Å². The molecule has 0 fully saturated rings. The molecule has 7 nitrogen and oxygen atoms in total. The maximum absolute atomic E-state index is 12.1. The van der Waals surface area contributed by atoms with Crippen LogP contribution in [0.5, 0.6) is 0 Å². The third-order valence-corrected chi connectivity index (χ3v) is 3.46. The highest BCUT2D eigenvalue weighted by Crippen LogP contribution is 2.19. The van der Waals surface area contributed by atoms with Gasteiger partial charge in [-0.05, 0) is 36.4 Å². The van der Waals surface area contributed by atoms with Crippen molar-refractivity contribution in [2.75, 3.05) is 10.2 Å². The van der Waals surface area contributed by atoms with E-state index in [0.717, 1.165) is 4.90 Å². The molecular formula is C18H13N3O4. The molecule has 0 radical (unpaired) electrons. The second kappa shape index (κ2) is 6.79. The molecule has 1 aliphatic rings. The molecule has 2 aromatic carbocycles. The number of hydrogen-bond donors (Lipinski definition) is 2. The zero-order valence-electron chi connectivity index (χ0n) is 12.9. The summed E-state index contributed by atoms with van der Waals surface area (Å²) in [4.78, 5) is 48.1. The molecule has 1 heterocycles. The average molecular weight is 335 g/mol. The van der Waals surface area contributed by atoms with Gasteiger partial charge in [-0.15, -0.1) is 0 Å². The Hall–Kier alpha value is -3.74. The van der Waals surface area contributed by atoms with Crippen LogP contribution in [0.1, 0.15) is 10.4 Å². The summed E-state index contributed by atoms with van der Waals surface area (Å²) < 4.78 is 0. The van der Waals surface area contributed by atoms with E-state index in [1.54, 1.807) is 30.3 Å². The number of imide groups is 2. The van der Waals surface area contributed by atoms with Gasteiger partial charge in [0, 0.05) is 23.4 Å². The normalized spacial score (nSPS) is 13.0. The van der Waals surface area contributed by atoms with E-state index >= 15 is 0 Å². The molecule has 25 heavy (non-hydrogen) atoms. The summed E-state index contributed by atoms with van der Waals surface area (Å²) in [6.07, 6.45) is 2.35. The molecule has 0 aromatic heterocycles. The Morgan fingerprint density at radius 2 is 1.40 bits per heavy atom. The van der Waals surface area contributed by atoms with Crippen molar-refractivity contribution >= 4 is 35.1 Å². The van der Waals surface area contributed by atoms with Gasteiger partial charge in [0.2, 0.25) is 0 Å². The third kappa shape index (κ3) is 3.61. The number of nitrogens with zero attached hydrogens (tertiary/aromatic N) is 1. The maximum atomic E-state index is 12.1. The van der Waals surface area contributed by atoms with E-state index in [9.17, 15) is 19.2 Å². The number of benzene rings is 2. The Bertz CT molecular complexity index is 855. The van der Waals surface area contributed by atoms with Crippen LogP contribution in [0.15, 0.2) is 66.7 Å². The fraction of sp³-hybridized carbons (Fsp3) is 0. The Kier molecular flexibility index (Phi) is 4.38. The van der Waals surface area contributed by atoms with Crippen LogP contribution in [-0.4, -0.2) is 23.8 Å². The monoisotopic (exact) mass is 335 g/mol. The third-order valence-electron chi connectivity index (χ3n) is 3.46. The fourth-order valence-corrected chi connectivity index (χ4v) is 2.28. The maximum Gasteiger partial charge on any atom is 0.326 e. The first-order chi connectivity index (χ1) is 12.0. The molecule has 3 rings (SSSR count). The van der Waals surface area contributed by atoms with Gasteiger partial charge in [-0.3, -0.25) is 19.7 Å². The van der Waals surface area contributed by atoms with Crippen molar-refractivity contribution in [2.24, 2.45) is 0 Å². The van der Waals surface area contributed by atoms with E-state index in [4.69, 9.17) is 0 Å². The number of rotatable bonds is 3. The van der Waals surface area contributed by atoms with Crippen LogP contribution in [0.2, 0.25) is 0 Å². The summed E-state index contributed by atoms with van der Waals surface area (Å²) >= 11 is 0. The highest BCUT2D eigenvalue weighted by molar-refractivity contribution is 6.28. The topological polar surface area (TPSA) is 95.6 Å². The first kappa shape index (κ1) is 16.1. The van der Waals surface area contributed by atoms with Gasteiger partial charge in [0.05, 0.1) is 5.69 Å². The highest BCUT2D eigenvalue weighted by atomic mass is 16.2. The van der Waals surface area contributed by atoms with Gasteiger partial charge in [-0.2, -0.15) is 0 Å². The molecule has 7 heteroatoms. The van der Waals surface area contributed by atoms with E-state index in [-0.39, 0.29) is 5.56 Å². The summed E-state index contributed by atoms with van der Waals surface area (Å²) in [7, 11) is 0. The first-order valence-electron chi connectivity index (χ1n) is 7.38. The van der Waals surface area contributed by atoms with Crippen LogP contribution < -0.4 is 15.5 Å². The summed E-state index contributed by atoms with van der Waals surface area (Å²) in [5.74, 6) is -1.48. The predicted octanol–water partition coefficient (Wildman–Crippen LogP) is 2.08. The minimum Gasteiger partial charge on any atom is -0.308 e. The minimum absolute atomic E-state index is 0.221.